The molecule has 1 aliphatic rings. The van der Waals surface area contributed by atoms with Crippen LogP contribution in [0, 0.1) is 27.7 Å². The smallest absolute Gasteiger partial charge is 0.264 e. The number of amides is 1. The third-order valence-corrected chi connectivity index (χ3v) is 4.95. The summed E-state index contributed by atoms with van der Waals surface area (Å²) in [6, 6.07) is 9.76. The van der Waals surface area contributed by atoms with Crippen molar-refractivity contribution in [1.82, 2.24) is 5.32 Å². The van der Waals surface area contributed by atoms with E-state index in [9.17, 15) is 9.90 Å². The molecule has 5 heteroatoms. The van der Waals surface area contributed by atoms with Crippen molar-refractivity contribution in [3.8, 4) is 5.75 Å². The molecule has 1 fully saturated rings. The number of hydrogen-bond donors (Lipinski definition) is 2. The van der Waals surface area contributed by atoms with Gasteiger partial charge in [-0.05, 0) is 86.0 Å². The van der Waals surface area contributed by atoms with Crippen molar-refractivity contribution >= 4 is 34.6 Å². The summed E-state index contributed by atoms with van der Waals surface area (Å²) in [5, 5.41) is 13.3. The first-order valence-corrected chi connectivity index (χ1v) is 8.82. The Morgan fingerprint density at radius 1 is 1.04 bits per heavy atom. The number of phenolic OH excluding ortho intramolecular Hbond substituents is 1. The van der Waals surface area contributed by atoms with E-state index in [0.717, 1.165) is 27.9 Å². The summed E-state index contributed by atoms with van der Waals surface area (Å²) in [4.78, 5) is 17.4. The molecule has 2 N–H and O–H groups in total. The molecule has 1 heterocycles. The monoisotopic (exact) mass is 352 g/mol. The van der Waals surface area contributed by atoms with Crippen LogP contribution in [0.3, 0.4) is 0 Å². The second kappa shape index (κ2) is 6.76. The van der Waals surface area contributed by atoms with Crippen LogP contribution in [-0.4, -0.2) is 16.2 Å². The summed E-state index contributed by atoms with van der Waals surface area (Å²) in [5.74, 6) is 0.139. The van der Waals surface area contributed by atoms with Crippen LogP contribution in [0.2, 0.25) is 0 Å². The van der Waals surface area contributed by atoms with Crippen molar-refractivity contribution in [3.63, 3.8) is 0 Å². The molecule has 1 amide bonds. The van der Waals surface area contributed by atoms with E-state index in [1.807, 2.05) is 58.0 Å². The van der Waals surface area contributed by atoms with E-state index in [2.05, 4.69) is 16.4 Å². The van der Waals surface area contributed by atoms with Crippen LogP contribution in [0.15, 0.2) is 40.2 Å². The molecule has 0 bridgehead atoms. The predicted octanol–water partition coefficient (Wildman–Crippen LogP) is 4.52. The minimum absolute atomic E-state index is 0.156. The highest BCUT2D eigenvalue weighted by molar-refractivity contribution is 8.18. The number of nitrogens with zero attached hydrogens (tertiary/aromatic N) is 1. The number of nitrogens with one attached hydrogen (secondary N) is 1. The molecular weight excluding hydrogens is 332 g/mol. The molecule has 0 saturated carbocycles. The standard InChI is InChI=1S/C20H20N2O2S/c1-11-5-6-16(12(2)7-11)21-20-22-19(24)17(25-20)10-15-8-13(3)18(23)14(4)9-15/h5-10,23H,1-4H3,(H,21,22,24)/b17-10-. The molecule has 2 aromatic rings. The second-order valence-electron chi connectivity index (χ2n) is 6.27. The Kier molecular flexibility index (Phi) is 4.68. The number of benzene rings is 2. The summed E-state index contributed by atoms with van der Waals surface area (Å²) in [5.41, 5.74) is 5.58. The summed E-state index contributed by atoms with van der Waals surface area (Å²) in [6.45, 7) is 7.74. The third kappa shape index (κ3) is 3.77. The zero-order valence-corrected chi connectivity index (χ0v) is 15.5. The van der Waals surface area contributed by atoms with Gasteiger partial charge in [0.1, 0.15) is 5.75 Å². The van der Waals surface area contributed by atoms with Crippen molar-refractivity contribution in [1.29, 1.82) is 0 Å². The van der Waals surface area contributed by atoms with Gasteiger partial charge in [0.25, 0.3) is 5.91 Å². The van der Waals surface area contributed by atoms with Crippen molar-refractivity contribution in [3.05, 3.63) is 63.1 Å². The van der Waals surface area contributed by atoms with Gasteiger partial charge in [-0.3, -0.25) is 4.79 Å². The van der Waals surface area contributed by atoms with Gasteiger partial charge in [0.15, 0.2) is 5.17 Å². The lowest BCUT2D eigenvalue weighted by molar-refractivity contribution is -0.115. The molecule has 1 saturated heterocycles. The van der Waals surface area contributed by atoms with E-state index in [0.29, 0.717) is 15.8 Å². The zero-order valence-electron chi connectivity index (χ0n) is 14.7. The number of hydrogen-bond acceptors (Lipinski definition) is 4. The molecule has 0 aliphatic carbocycles. The number of rotatable bonds is 2. The lowest BCUT2D eigenvalue weighted by Crippen LogP contribution is -2.19. The lowest BCUT2D eigenvalue weighted by Gasteiger charge is -2.05. The number of carbonyl (C=O) groups is 1. The van der Waals surface area contributed by atoms with Gasteiger partial charge in [-0.15, -0.1) is 0 Å². The quantitative estimate of drug-likeness (QED) is 0.781. The van der Waals surface area contributed by atoms with Crippen molar-refractivity contribution in [2.24, 2.45) is 4.99 Å². The van der Waals surface area contributed by atoms with E-state index in [1.54, 1.807) is 0 Å². The molecule has 0 atom stereocenters. The first-order chi connectivity index (χ1) is 11.8. The molecule has 25 heavy (non-hydrogen) atoms. The Bertz CT molecular complexity index is 906. The summed E-state index contributed by atoms with van der Waals surface area (Å²) < 4.78 is 0. The van der Waals surface area contributed by atoms with Gasteiger partial charge in [-0.25, -0.2) is 4.99 Å². The number of aliphatic imine (C=N–C) groups is 1. The van der Waals surface area contributed by atoms with Gasteiger partial charge in [-0.1, -0.05) is 17.7 Å². The summed E-state index contributed by atoms with van der Waals surface area (Å²) in [6.07, 6.45) is 1.82. The van der Waals surface area contributed by atoms with Crippen LogP contribution in [-0.2, 0) is 4.79 Å². The Hall–Kier alpha value is -2.53. The molecule has 128 valence electrons. The average molecular weight is 352 g/mol. The van der Waals surface area contributed by atoms with Gasteiger partial charge in [0.2, 0.25) is 0 Å². The Morgan fingerprint density at radius 2 is 1.72 bits per heavy atom. The zero-order chi connectivity index (χ0) is 18.1. The third-order valence-electron chi connectivity index (χ3n) is 4.04. The maximum absolute atomic E-state index is 12.2. The number of aryl methyl sites for hydroxylation is 4. The topological polar surface area (TPSA) is 61.7 Å². The van der Waals surface area contributed by atoms with Gasteiger partial charge in [0, 0.05) is 0 Å². The Labute approximate surface area is 151 Å². The minimum Gasteiger partial charge on any atom is -0.507 e. The summed E-state index contributed by atoms with van der Waals surface area (Å²) in [7, 11) is 0. The fraction of sp³-hybridized carbons (Fsp3) is 0.200. The number of phenols is 1. The van der Waals surface area contributed by atoms with Crippen LogP contribution in [0.5, 0.6) is 5.75 Å². The molecule has 1 aliphatic heterocycles. The van der Waals surface area contributed by atoms with Crippen LogP contribution < -0.4 is 5.32 Å². The van der Waals surface area contributed by atoms with Crippen LogP contribution in [0.1, 0.15) is 27.8 Å². The van der Waals surface area contributed by atoms with Gasteiger partial charge in [0.05, 0.1) is 10.6 Å². The lowest BCUT2D eigenvalue weighted by atomic mass is 10.1. The van der Waals surface area contributed by atoms with E-state index in [4.69, 9.17) is 0 Å². The number of amidine groups is 1. The largest absolute Gasteiger partial charge is 0.507 e. The molecule has 0 unspecified atom stereocenters. The van der Waals surface area contributed by atoms with Crippen LogP contribution in [0.4, 0.5) is 5.69 Å². The van der Waals surface area contributed by atoms with Crippen LogP contribution in [0.25, 0.3) is 6.08 Å². The molecule has 0 spiro atoms. The Morgan fingerprint density at radius 3 is 2.36 bits per heavy atom. The van der Waals surface area contributed by atoms with E-state index in [1.165, 1.54) is 17.3 Å². The SMILES string of the molecule is Cc1ccc(N=C2NC(=O)/C(=C/c3cc(C)c(O)c(C)c3)S2)c(C)c1. The minimum atomic E-state index is -0.156. The average Bonchev–Trinajstić information content (AvgIpc) is 2.87. The van der Waals surface area contributed by atoms with Crippen molar-refractivity contribution in [2.45, 2.75) is 27.7 Å². The molecule has 0 aromatic heterocycles. The second-order valence-corrected chi connectivity index (χ2v) is 7.31. The highest BCUT2D eigenvalue weighted by Crippen LogP contribution is 2.31. The molecular formula is C20H20N2O2S. The van der Waals surface area contributed by atoms with Gasteiger partial charge < -0.3 is 10.4 Å². The fourth-order valence-corrected chi connectivity index (χ4v) is 3.58. The normalized spacial score (nSPS) is 17.4. The highest BCUT2D eigenvalue weighted by Gasteiger charge is 2.24. The highest BCUT2D eigenvalue weighted by atomic mass is 32.2. The van der Waals surface area contributed by atoms with Crippen molar-refractivity contribution in [2.75, 3.05) is 0 Å². The van der Waals surface area contributed by atoms with E-state index >= 15 is 0 Å². The van der Waals surface area contributed by atoms with E-state index in [-0.39, 0.29) is 5.91 Å². The summed E-state index contributed by atoms with van der Waals surface area (Å²) >= 11 is 1.33. The maximum atomic E-state index is 12.2. The number of thioether (sulfide) groups is 1. The van der Waals surface area contributed by atoms with Gasteiger partial charge in [-0.2, -0.15) is 0 Å². The fourth-order valence-electron chi connectivity index (χ4n) is 2.74. The van der Waals surface area contributed by atoms with Gasteiger partial charge >= 0.3 is 0 Å². The van der Waals surface area contributed by atoms with Crippen molar-refractivity contribution < 1.29 is 9.90 Å². The first kappa shape index (κ1) is 17.3. The maximum Gasteiger partial charge on any atom is 0.264 e. The number of carbonyl (C=O) groups excluding carboxylic acids is 1. The first-order valence-electron chi connectivity index (χ1n) is 8.00. The molecule has 2 aromatic carbocycles. The molecule has 4 nitrogen and oxygen atoms in total. The molecule has 3 rings (SSSR count). The Balaban J connectivity index is 1.88. The molecule has 0 radical (unpaired) electrons. The predicted molar refractivity (Wildman–Crippen MR) is 104 cm³/mol. The number of aromatic hydroxyl groups is 1. The van der Waals surface area contributed by atoms with E-state index < -0.39 is 0 Å². The van der Waals surface area contributed by atoms with Crippen LogP contribution >= 0.6 is 11.8 Å².